The van der Waals surface area contributed by atoms with E-state index in [1.54, 1.807) is 18.4 Å². The van der Waals surface area contributed by atoms with E-state index >= 15 is 0 Å². The van der Waals surface area contributed by atoms with Gasteiger partial charge in [0.1, 0.15) is 22.0 Å². The lowest BCUT2D eigenvalue weighted by Gasteiger charge is -2.20. The van der Waals surface area contributed by atoms with Crippen molar-refractivity contribution in [2.75, 3.05) is 20.6 Å². The molecule has 7 heteroatoms. The smallest absolute Gasteiger partial charge is 0.134 e. The molecular weight excluding hydrogens is 446 g/mol. The summed E-state index contributed by atoms with van der Waals surface area (Å²) in [7, 11) is 0.989. The molecule has 0 radical (unpaired) electrons. The lowest BCUT2D eigenvalue weighted by Crippen LogP contribution is -2.15. The Hall–Kier alpha value is -2.74. The molecular formula is C27H35N3O3S. The van der Waals surface area contributed by atoms with Crippen molar-refractivity contribution < 1.29 is 13.4 Å². The minimum atomic E-state index is -3.01. The highest BCUT2D eigenvalue weighted by Gasteiger charge is 2.19. The van der Waals surface area contributed by atoms with Gasteiger partial charge in [-0.1, -0.05) is 32.9 Å². The number of hydrogen-bond acceptors (Lipinski definition) is 5. The molecule has 0 aliphatic carbocycles. The number of benzene rings is 2. The molecule has 0 amide bonds. The van der Waals surface area contributed by atoms with Crippen LogP contribution in [-0.2, 0) is 27.7 Å². The Morgan fingerprint density at radius 1 is 1.09 bits per heavy atom. The van der Waals surface area contributed by atoms with E-state index in [0.29, 0.717) is 17.9 Å². The molecule has 3 rings (SSSR count). The molecule has 1 aromatic heterocycles. The molecule has 3 aromatic rings. The monoisotopic (exact) mass is 481 g/mol. The second kappa shape index (κ2) is 11.1. The molecule has 1 heterocycles. The van der Waals surface area contributed by atoms with Gasteiger partial charge in [0.2, 0.25) is 0 Å². The molecule has 0 saturated heterocycles. The fourth-order valence-electron chi connectivity index (χ4n) is 4.11. The number of rotatable bonds is 10. The number of carbonyl (C=O) groups is 1. The Morgan fingerprint density at radius 3 is 2.32 bits per heavy atom. The van der Waals surface area contributed by atoms with E-state index in [1.165, 1.54) is 0 Å². The van der Waals surface area contributed by atoms with Gasteiger partial charge in [0, 0.05) is 18.0 Å². The zero-order valence-electron chi connectivity index (χ0n) is 20.7. The summed E-state index contributed by atoms with van der Waals surface area (Å²) in [5.41, 5.74) is 5.20. The number of furan rings is 1. The maximum Gasteiger partial charge on any atom is 0.134 e. The zero-order valence-corrected chi connectivity index (χ0v) is 21.5. The lowest BCUT2D eigenvalue weighted by atomic mass is 9.84. The minimum absolute atomic E-state index is 0.231. The first kappa shape index (κ1) is 25.9. The molecule has 0 aliphatic rings. The summed E-state index contributed by atoms with van der Waals surface area (Å²) in [5, 5.41) is 6.15. The third-order valence-electron chi connectivity index (χ3n) is 5.85. The zero-order chi connectivity index (χ0) is 24.9. The first-order valence-corrected chi connectivity index (χ1v) is 13.1. The van der Waals surface area contributed by atoms with Gasteiger partial charge in [-0.05, 0) is 85.1 Å². The minimum Gasteiger partial charge on any atom is -0.464 e. The standard InChI is InChI=1S/C27H35N3O3S/c1-19(2)25-15-22(27-7-6-14-33-27)16-26(20(3)18-31)24(25)12-13-29-34(28,32)23-10-8-21(9-11-23)17-30(4)5/h6-11,14-16,18-20H,12-13,17H2,1-5H3,(H2,28,29,32). The van der Waals surface area contributed by atoms with Crippen molar-refractivity contribution in [1.82, 2.24) is 4.90 Å². The Kier molecular flexibility index (Phi) is 8.47. The fraction of sp³-hybridized carbons (Fsp3) is 0.370. The van der Waals surface area contributed by atoms with Crippen LogP contribution in [0.15, 0.2) is 68.5 Å². The third kappa shape index (κ3) is 6.23. The van der Waals surface area contributed by atoms with Crippen LogP contribution in [0.5, 0.6) is 0 Å². The third-order valence-corrected chi connectivity index (χ3v) is 7.36. The summed E-state index contributed by atoms with van der Waals surface area (Å²) in [6, 6.07) is 15.4. The maximum atomic E-state index is 13.1. The van der Waals surface area contributed by atoms with Gasteiger partial charge >= 0.3 is 0 Å². The predicted octanol–water partition coefficient (Wildman–Crippen LogP) is 5.38. The number of nitrogens with zero attached hydrogens (tertiary/aromatic N) is 2. The average Bonchev–Trinajstić information content (AvgIpc) is 3.33. The summed E-state index contributed by atoms with van der Waals surface area (Å²) >= 11 is 0. The largest absolute Gasteiger partial charge is 0.464 e. The topological polar surface area (TPSA) is 88.9 Å². The number of aldehydes is 1. The molecule has 182 valence electrons. The Morgan fingerprint density at radius 2 is 1.76 bits per heavy atom. The van der Waals surface area contributed by atoms with Crippen molar-refractivity contribution in [1.29, 1.82) is 0 Å². The molecule has 2 aromatic carbocycles. The van der Waals surface area contributed by atoms with Crippen LogP contribution in [0.4, 0.5) is 0 Å². The SMILES string of the molecule is CC(C)c1cc(-c2ccco2)cc(C(C)C=O)c1CCN=S(N)(=O)c1ccc(CN(C)C)cc1. The highest BCUT2D eigenvalue weighted by Crippen LogP contribution is 2.34. The molecule has 0 saturated carbocycles. The quantitative estimate of drug-likeness (QED) is 0.394. The molecule has 0 aliphatic heterocycles. The normalized spacial score (nSPS) is 14.2. The number of hydrogen-bond donors (Lipinski definition) is 1. The molecule has 34 heavy (non-hydrogen) atoms. The van der Waals surface area contributed by atoms with E-state index in [1.807, 2.05) is 51.4 Å². The average molecular weight is 482 g/mol. The van der Waals surface area contributed by atoms with Crippen molar-refractivity contribution in [2.45, 2.75) is 50.5 Å². The maximum absolute atomic E-state index is 13.1. The predicted molar refractivity (Wildman–Crippen MR) is 138 cm³/mol. The van der Waals surface area contributed by atoms with Gasteiger partial charge < -0.3 is 14.1 Å². The summed E-state index contributed by atoms with van der Waals surface area (Å²) in [4.78, 5) is 14.3. The summed E-state index contributed by atoms with van der Waals surface area (Å²) in [6.07, 6.45) is 3.14. The Labute approximate surface area is 203 Å². The summed E-state index contributed by atoms with van der Waals surface area (Å²) < 4.78 is 23.1. The molecule has 0 bridgehead atoms. The van der Waals surface area contributed by atoms with Gasteiger partial charge in [0.05, 0.1) is 17.7 Å². The van der Waals surface area contributed by atoms with Gasteiger partial charge in [-0.15, -0.1) is 0 Å². The first-order valence-electron chi connectivity index (χ1n) is 11.5. The summed E-state index contributed by atoms with van der Waals surface area (Å²) in [6.45, 7) is 7.23. The van der Waals surface area contributed by atoms with Crippen LogP contribution in [0.2, 0.25) is 0 Å². The second-order valence-corrected chi connectivity index (χ2v) is 11.1. The highest BCUT2D eigenvalue weighted by atomic mass is 32.2. The molecule has 6 nitrogen and oxygen atoms in total. The highest BCUT2D eigenvalue weighted by molar-refractivity contribution is 7.91. The fourth-order valence-corrected chi connectivity index (χ4v) is 5.15. The first-order chi connectivity index (χ1) is 16.1. The van der Waals surface area contributed by atoms with Crippen LogP contribution in [0, 0.1) is 0 Å². The van der Waals surface area contributed by atoms with E-state index < -0.39 is 9.92 Å². The molecule has 2 N–H and O–H groups in total. The number of nitrogens with two attached hydrogens (primary N) is 1. The van der Waals surface area contributed by atoms with Crippen LogP contribution in [0.3, 0.4) is 0 Å². The van der Waals surface area contributed by atoms with Gasteiger partial charge in [-0.3, -0.25) is 0 Å². The molecule has 2 unspecified atom stereocenters. The summed E-state index contributed by atoms with van der Waals surface area (Å²) in [5.74, 6) is 0.711. The van der Waals surface area contributed by atoms with Crippen molar-refractivity contribution in [3.05, 3.63) is 77.0 Å². The van der Waals surface area contributed by atoms with Gasteiger partial charge in [0.15, 0.2) is 0 Å². The van der Waals surface area contributed by atoms with E-state index in [0.717, 1.165) is 46.4 Å². The van der Waals surface area contributed by atoms with E-state index in [-0.39, 0.29) is 11.8 Å². The van der Waals surface area contributed by atoms with Gasteiger partial charge in [-0.2, -0.15) is 0 Å². The molecule has 0 fully saturated rings. The van der Waals surface area contributed by atoms with Crippen molar-refractivity contribution in [3.63, 3.8) is 0 Å². The Bertz CT molecular complexity index is 1220. The van der Waals surface area contributed by atoms with Gasteiger partial charge in [0.25, 0.3) is 0 Å². The Balaban J connectivity index is 1.92. The molecule has 2 atom stereocenters. The molecule has 0 spiro atoms. The van der Waals surface area contributed by atoms with E-state index in [2.05, 4.69) is 29.2 Å². The second-order valence-electron chi connectivity index (χ2n) is 9.24. The van der Waals surface area contributed by atoms with Crippen LogP contribution in [0.25, 0.3) is 11.3 Å². The van der Waals surface area contributed by atoms with Crippen molar-refractivity contribution >= 4 is 16.2 Å². The van der Waals surface area contributed by atoms with Crippen molar-refractivity contribution in [3.8, 4) is 11.3 Å². The van der Waals surface area contributed by atoms with E-state index in [4.69, 9.17) is 9.56 Å². The van der Waals surface area contributed by atoms with Gasteiger partial charge in [-0.25, -0.2) is 13.7 Å². The van der Waals surface area contributed by atoms with Crippen LogP contribution in [-0.4, -0.2) is 36.0 Å². The van der Waals surface area contributed by atoms with Crippen LogP contribution < -0.4 is 5.14 Å². The van der Waals surface area contributed by atoms with Crippen LogP contribution >= 0.6 is 0 Å². The van der Waals surface area contributed by atoms with Crippen LogP contribution in [0.1, 0.15) is 54.9 Å². The number of carbonyl (C=O) groups excluding carboxylic acids is 1. The van der Waals surface area contributed by atoms with E-state index in [9.17, 15) is 9.00 Å². The van der Waals surface area contributed by atoms with Crippen molar-refractivity contribution in [2.24, 2.45) is 9.50 Å². The lowest BCUT2D eigenvalue weighted by molar-refractivity contribution is -0.108.